The van der Waals surface area contributed by atoms with E-state index in [9.17, 15) is 5.11 Å². The summed E-state index contributed by atoms with van der Waals surface area (Å²) >= 11 is 1.76. The Kier molecular flexibility index (Phi) is 4.22. The molecule has 0 spiro atoms. The predicted molar refractivity (Wildman–Crippen MR) is 79.5 cm³/mol. The molecule has 1 N–H and O–H groups in total. The van der Waals surface area contributed by atoms with E-state index in [1.807, 2.05) is 0 Å². The Balaban J connectivity index is 1.56. The summed E-state index contributed by atoms with van der Waals surface area (Å²) < 4.78 is 0. The lowest BCUT2D eigenvalue weighted by atomic mass is 9.92. The van der Waals surface area contributed by atoms with Crippen LogP contribution in [0.4, 0.5) is 0 Å². The maximum absolute atomic E-state index is 10.8. The van der Waals surface area contributed by atoms with Crippen LogP contribution in [0.1, 0.15) is 31.2 Å². The normalized spacial score (nSPS) is 29.9. The highest BCUT2D eigenvalue weighted by atomic mass is 32.1. The molecule has 4 heteroatoms. The van der Waals surface area contributed by atoms with Gasteiger partial charge < -0.3 is 10.0 Å². The van der Waals surface area contributed by atoms with Crippen molar-refractivity contribution in [1.29, 1.82) is 0 Å². The molecule has 106 valence electrons. The minimum Gasteiger partial charge on any atom is -0.387 e. The van der Waals surface area contributed by atoms with E-state index >= 15 is 0 Å². The molecule has 2 aliphatic heterocycles. The van der Waals surface area contributed by atoms with Crippen molar-refractivity contribution >= 4 is 11.3 Å². The molecule has 0 aromatic carbocycles. The van der Waals surface area contributed by atoms with Crippen molar-refractivity contribution in [2.45, 2.75) is 37.8 Å². The van der Waals surface area contributed by atoms with Crippen LogP contribution >= 0.6 is 11.3 Å². The lowest BCUT2D eigenvalue weighted by molar-refractivity contribution is -0.0519. The summed E-state index contributed by atoms with van der Waals surface area (Å²) in [6.45, 7) is 6.16. The van der Waals surface area contributed by atoms with Gasteiger partial charge in [0, 0.05) is 19.6 Å². The lowest BCUT2D eigenvalue weighted by Crippen LogP contribution is -2.53. The topological polar surface area (TPSA) is 26.7 Å². The molecule has 0 aliphatic carbocycles. The fraction of sp³-hybridized carbons (Fsp3) is 0.733. The van der Waals surface area contributed by atoms with Gasteiger partial charge in [-0.25, -0.2) is 0 Å². The second-order valence-electron chi connectivity index (χ2n) is 6.15. The van der Waals surface area contributed by atoms with Crippen LogP contribution in [0, 0.1) is 0 Å². The molecule has 19 heavy (non-hydrogen) atoms. The Morgan fingerprint density at radius 2 is 1.95 bits per heavy atom. The molecule has 0 bridgehead atoms. The highest BCUT2D eigenvalue weighted by molar-refractivity contribution is 7.07. The number of nitrogens with zero attached hydrogens (tertiary/aromatic N) is 2. The average molecular weight is 280 g/mol. The summed E-state index contributed by atoms with van der Waals surface area (Å²) in [5.41, 5.74) is 0.897. The van der Waals surface area contributed by atoms with Gasteiger partial charge >= 0.3 is 0 Å². The standard InChI is InChI=1S/C15H24N2OS/c18-15(12-16-6-1-2-7-16)5-3-8-17(13-15)10-14-4-9-19-11-14/h4,9,11,18H,1-3,5-8,10,12-13H2/t15-/m0/s1. The molecular weight excluding hydrogens is 256 g/mol. The van der Waals surface area contributed by atoms with Crippen molar-refractivity contribution in [2.24, 2.45) is 0 Å². The Bertz CT molecular complexity index is 389. The number of rotatable bonds is 4. The molecule has 1 aromatic rings. The molecular formula is C15H24N2OS. The molecule has 2 saturated heterocycles. The molecule has 0 radical (unpaired) electrons. The van der Waals surface area contributed by atoms with Crippen molar-refractivity contribution in [1.82, 2.24) is 9.80 Å². The summed E-state index contributed by atoms with van der Waals surface area (Å²) in [5, 5.41) is 15.2. The monoisotopic (exact) mass is 280 g/mol. The van der Waals surface area contributed by atoms with Crippen molar-refractivity contribution < 1.29 is 5.11 Å². The van der Waals surface area contributed by atoms with E-state index in [0.717, 1.165) is 39.0 Å². The number of aliphatic hydroxyl groups is 1. The molecule has 1 aromatic heterocycles. The van der Waals surface area contributed by atoms with Crippen LogP contribution in [-0.4, -0.2) is 53.2 Å². The third-order valence-corrected chi connectivity index (χ3v) is 5.07. The first-order valence-corrected chi connectivity index (χ1v) is 8.36. The van der Waals surface area contributed by atoms with Gasteiger partial charge in [0.2, 0.25) is 0 Å². The van der Waals surface area contributed by atoms with Gasteiger partial charge in [0.15, 0.2) is 0 Å². The van der Waals surface area contributed by atoms with Crippen LogP contribution < -0.4 is 0 Å². The van der Waals surface area contributed by atoms with E-state index in [2.05, 4.69) is 26.6 Å². The highest BCUT2D eigenvalue weighted by Gasteiger charge is 2.35. The average Bonchev–Trinajstić information content (AvgIpc) is 3.02. The summed E-state index contributed by atoms with van der Waals surface area (Å²) in [5.74, 6) is 0. The van der Waals surface area contributed by atoms with Crippen LogP contribution in [-0.2, 0) is 6.54 Å². The van der Waals surface area contributed by atoms with Gasteiger partial charge in [0.05, 0.1) is 5.60 Å². The number of piperidine rings is 1. The van der Waals surface area contributed by atoms with Gasteiger partial charge in [-0.3, -0.25) is 4.90 Å². The number of thiophene rings is 1. The zero-order valence-electron chi connectivity index (χ0n) is 11.6. The fourth-order valence-electron chi connectivity index (χ4n) is 3.47. The first-order valence-electron chi connectivity index (χ1n) is 7.42. The SMILES string of the molecule is O[C@]1(CN2CCCC2)CCCN(Cc2ccsc2)C1. The zero-order chi connectivity index (χ0) is 13.1. The summed E-state index contributed by atoms with van der Waals surface area (Å²) in [6.07, 6.45) is 4.68. The third-order valence-electron chi connectivity index (χ3n) is 4.34. The number of β-amino-alcohol motifs (C(OH)–C–C–N with tert-alkyl or cyclic N) is 1. The maximum atomic E-state index is 10.8. The maximum Gasteiger partial charge on any atom is 0.0900 e. The number of likely N-dealkylation sites (tertiary alicyclic amines) is 2. The molecule has 3 nitrogen and oxygen atoms in total. The zero-order valence-corrected chi connectivity index (χ0v) is 12.4. The molecule has 3 rings (SSSR count). The second-order valence-corrected chi connectivity index (χ2v) is 6.93. The van der Waals surface area contributed by atoms with E-state index in [-0.39, 0.29) is 0 Å². The van der Waals surface area contributed by atoms with E-state index in [0.29, 0.717) is 0 Å². The van der Waals surface area contributed by atoms with Gasteiger partial charge in [-0.05, 0) is 67.7 Å². The first-order chi connectivity index (χ1) is 9.23. The van der Waals surface area contributed by atoms with E-state index < -0.39 is 5.60 Å². The van der Waals surface area contributed by atoms with Crippen LogP contribution in [0.5, 0.6) is 0 Å². The minimum absolute atomic E-state index is 0.487. The van der Waals surface area contributed by atoms with Crippen molar-refractivity contribution in [3.05, 3.63) is 22.4 Å². The third kappa shape index (κ3) is 3.57. The Labute approximate surface area is 119 Å². The van der Waals surface area contributed by atoms with Crippen molar-refractivity contribution in [3.8, 4) is 0 Å². The minimum atomic E-state index is -0.487. The molecule has 1 atom stereocenters. The smallest absolute Gasteiger partial charge is 0.0900 e. The van der Waals surface area contributed by atoms with Crippen LogP contribution in [0.3, 0.4) is 0 Å². The number of hydrogen-bond acceptors (Lipinski definition) is 4. The number of hydrogen-bond donors (Lipinski definition) is 1. The predicted octanol–water partition coefficient (Wildman–Crippen LogP) is 2.17. The van der Waals surface area contributed by atoms with E-state index in [1.165, 1.54) is 31.5 Å². The Morgan fingerprint density at radius 3 is 2.68 bits per heavy atom. The second kappa shape index (κ2) is 5.92. The molecule has 3 heterocycles. The van der Waals surface area contributed by atoms with E-state index in [1.54, 1.807) is 11.3 Å². The first kappa shape index (κ1) is 13.6. The van der Waals surface area contributed by atoms with Crippen molar-refractivity contribution in [2.75, 3.05) is 32.7 Å². The van der Waals surface area contributed by atoms with E-state index in [4.69, 9.17) is 0 Å². The van der Waals surface area contributed by atoms with Gasteiger partial charge in [-0.15, -0.1) is 0 Å². The highest BCUT2D eigenvalue weighted by Crippen LogP contribution is 2.25. The van der Waals surface area contributed by atoms with Gasteiger partial charge in [-0.1, -0.05) is 0 Å². The Morgan fingerprint density at radius 1 is 1.16 bits per heavy atom. The molecule has 0 saturated carbocycles. The van der Waals surface area contributed by atoms with Crippen LogP contribution in [0.25, 0.3) is 0 Å². The summed E-state index contributed by atoms with van der Waals surface area (Å²) in [6, 6.07) is 2.19. The summed E-state index contributed by atoms with van der Waals surface area (Å²) in [4.78, 5) is 4.86. The molecule has 0 amide bonds. The molecule has 0 unspecified atom stereocenters. The lowest BCUT2D eigenvalue weighted by Gasteiger charge is -2.41. The fourth-order valence-corrected chi connectivity index (χ4v) is 4.13. The van der Waals surface area contributed by atoms with Crippen LogP contribution in [0.2, 0.25) is 0 Å². The molecule has 2 fully saturated rings. The summed E-state index contributed by atoms with van der Waals surface area (Å²) in [7, 11) is 0. The van der Waals surface area contributed by atoms with Crippen LogP contribution in [0.15, 0.2) is 16.8 Å². The van der Waals surface area contributed by atoms with Gasteiger partial charge in [0.25, 0.3) is 0 Å². The molecule has 2 aliphatic rings. The van der Waals surface area contributed by atoms with Gasteiger partial charge in [-0.2, -0.15) is 11.3 Å². The quantitative estimate of drug-likeness (QED) is 0.915. The van der Waals surface area contributed by atoms with Gasteiger partial charge in [0.1, 0.15) is 0 Å². The Hall–Kier alpha value is -0.420. The largest absolute Gasteiger partial charge is 0.387 e. The van der Waals surface area contributed by atoms with Crippen molar-refractivity contribution in [3.63, 3.8) is 0 Å².